The molecule has 1 atom stereocenters. The molecule has 1 aliphatic rings. The maximum absolute atomic E-state index is 12.2. The minimum Gasteiger partial charge on any atom is -0.496 e. The third kappa shape index (κ3) is 4.12. The fourth-order valence-corrected chi connectivity index (χ4v) is 2.59. The molecule has 1 amide bonds. The first-order valence-electron chi connectivity index (χ1n) is 7.82. The van der Waals surface area contributed by atoms with Gasteiger partial charge in [0.05, 0.1) is 19.4 Å². The molecule has 1 aliphatic heterocycles. The highest BCUT2D eigenvalue weighted by molar-refractivity contribution is 6.03. The number of amides is 1. The Hall–Kier alpha value is -2.30. The zero-order valence-corrected chi connectivity index (χ0v) is 14.0. The molecule has 0 aliphatic carbocycles. The van der Waals surface area contributed by atoms with E-state index in [-0.39, 0.29) is 17.9 Å². The summed E-state index contributed by atoms with van der Waals surface area (Å²) in [7, 11) is 1.64. The van der Waals surface area contributed by atoms with E-state index in [4.69, 9.17) is 9.57 Å². The van der Waals surface area contributed by atoms with Crippen LogP contribution in [-0.2, 0) is 9.63 Å². The number of carbonyl (C=O) groups is 1. The van der Waals surface area contributed by atoms with Crippen molar-refractivity contribution in [2.75, 3.05) is 20.2 Å². The Morgan fingerprint density at radius 1 is 1.52 bits per heavy atom. The molecule has 1 heterocycles. The number of rotatable bonds is 7. The second-order valence-electron chi connectivity index (χ2n) is 5.86. The van der Waals surface area contributed by atoms with E-state index >= 15 is 0 Å². The summed E-state index contributed by atoms with van der Waals surface area (Å²) in [4.78, 5) is 19.5. The highest BCUT2D eigenvalue weighted by atomic mass is 16.6. The van der Waals surface area contributed by atoms with Crippen LogP contribution in [0.4, 0.5) is 0 Å². The van der Waals surface area contributed by atoms with Crippen molar-refractivity contribution >= 4 is 11.6 Å². The lowest BCUT2D eigenvalue weighted by Gasteiger charge is -2.25. The predicted octanol–water partition coefficient (Wildman–Crippen LogP) is 2.86. The van der Waals surface area contributed by atoms with Gasteiger partial charge in [-0.2, -0.15) is 0 Å². The van der Waals surface area contributed by atoms with E-state index in [9.17, 15) is 4.79 Å². The van der Waals surface area contributed by atoms with Gasteiger partial charge >= 0.3 is 0 Å². The number of ether oxygens (including phenoxy) is 1. The van der Waals surface area contributed by atoms with Crippen LogP contribution in [0.25, 0.3) is 0 Å². The fourth-order valence-electron chi connectivity index (χ4n) is 2.59. The minimum absolute atomic E-state index is 0.0500. The van der Waals surface area contributed by atoms with Gasteiger partial charge in [-0.1, -0.05) is 37.2 Å². The topological polar surface area (TPSA) is 51.1 Å². The predicted molar refractivity (Wildman–Crippen MR) is 90.6 cm³/mol. The van der Waals surface area contributed by atoms with Gasteiger partial charge in [0.2, 0.25) is 5.91 Å². The van der Waals surface area contributed by atoms with Crippen molar-refractivity contribution in [3.8, 4) is 5.75 Å². The number of methoxy groups -OCH3 is 1. The zero-order valence-electron chi connectivity index (χ0n) is 14.0. The van der Waals surface area contributed by atoms with E-state index in [1.165, 1.54) is 0 Å². The number of nitrogens with zero attached hydrogens (tertiary/aromatic N) is 2. The first kappa shape index (κ1) is 17.1. The quantitative estimate of drug-likeness (QED) is 0.727. The maximum atomic E-state index is 12.2. The normalized spacial score (nSPS) is 16.7. The minimum atomic E-state index is -0.141. The summed E-state index contributed by atoms with van der Waals surface area (Å²) in [5.41, 5.74) is 1.78. The van der Waals surface area contributed by atoms with Gasteiger partial charge in [-0.15, -0.1) is 6.58 Å². The molecule has 0 saturated carbocycles. The zero-order chi connectivity index (χ0) is 16.8. The highest BCUT2D eigenvalue weighted by Gasteiger charge is 2.28. The molecule has 0 spiro atoms. The van der Waals surface area contributed by atoms with Gasteiger partial charge in [0.1, 0.15) is 5.75 Å². The van der Waals surface area contributed by atoms with Crippen LogP contribution in [0.5, 0.6) is 5.75 Å². The van der Waals surface area contributed by atoms with E-state index in [0.717, 1.165) is 17.0 Å². The van der Waals surface area contributed by atoms with Crippen LogP contribution in [0.15, 0.2) is 42.1 Å². The van der Waals surface area contributed by atoms with Crippen LogP contribution >= 0.6 is 0 Å². The molecule has 0 radical (unpaired) electrons. The van der Waals surface area contributed by atoms with Crippen molar-refractivity contribution in [1.29, 1.82) is 0 Å². The lowest BCUT2D eigenvalue weighted by Crippen LogP contribution is -2.40. The molecular weight excluding hydrogens is 292 g/mol. The van der Waals surface area contributed by atoms with Crippen LogP contribution in [-0.4, -0.2) is 42.8 Å². The highest BCUT2D eigenvalue weighted by Crippen LogP contribution is 2.25. The van der Waals surface area contributed by atoms with Gasteiger partial charge < -0.3 is 14.5 Å². The molecule has 0 aromatic heterocycles. The van der Waals surface area contributed by atoms with E-state index in [0.29, 0.717) is 19.5 Å². The van der Waals surface area contributed by atoms with Crippen molar-refractivity contribution < 1.29 is 14.4 Å². The van der Waals surface area contributed by atoms with Crippen LogP contribution in [0.3, 0.4) is 0 Å². The number of hydrogen-bond acceptors (Lipinski definition) is 4. The van der Waals surface area contributed by atoms with Gasteiger partial charge in [0, 0.05) is 24.4 Å². The Morgan fingerprint density at radius 3 is 2.91 bits per heavy atom. The van der Waals surface area contributed by atoms with Crippen LogP contribution in [0, 0.1) is 5.92 Å². The number of benzene rings is 1. The third-order valence-corrected chi connectivity index (χ3v) is 3.73. The maximum Gasteiger partial charge on any atom is 0.225 e. The number of hydrogen-bond donors (Lipinski definition) is 0. The molecular formula is C18H24N2O3. The average molecular weight is 316 g/mol. The Morgan fingerprint density at radius 2 is 2.26 bits per heavy atom. The lowest BCUT2D eigenvalue weighted by molar-refractivity contribution is -0.135. The van der Waals surface area contributed by atoms with Gasteiger partial charge in [-0.05, 0) is 12.1 Å². The summed E-state index contributed by atoms with van der Waals surface area (Å²) < 4.78 is 5.37. The molecule has 1 aromatic rings. The van der Waals surface area contributed by atoms with Gasteiger partial charge in [0.25, 0.3) is 0 Å². The van der Waals surface area contributed by atoms with E-state index in [1.54, 1.807) is 18.1 Å². The van der Waals surface area contributed by atoms with Crippen molar-refractivity contribution in [1.82, 2.24) is 4.90 Å². The second kappa shape index (κ2) is 7.81. The van der Waals surface area contributed by atoms with E-state index in [1.807, 2.05) is 38.1 Å². The first-order valence-corrected chi connectivity index (χ1v) is 7.82. The van der Waals surface area contributed by atoms with E-state index < -0.39 is 0 Å². The van der Waals surface area contributed by atoms with Crippen LogP contribution in [0.2, 0.25) is 0 Å². The second-order valence-corrected chi connectivity index (χ2v) is 5.86. The standard InChI is InChI=1S/C18H24N2O3/c1-5-10-20(18(21)13(2)3)12-14-11-16(19-23-14)15-8-6-7-9-17(15)22-4/h5-9,13-14H,1,10-12H2,2-4H3. The molecule has 5 heteroatoms. The van der Waals surface area contributed by atoms with Gasteiger partial charge in [0.15, 0.2) is 6.10 Å². The Balaban J connectivity index is 2.03. The van der Waals surface area contributed by atoms with Crippen molar-refractivity contribution in [3.05, 3.63) is 42.5 Å². The molecule has 0 bridgehead atoms. The first-order chi connectivity index (χ1) is 11.1. The smallest absolute Gasteiger partial charge is 0.225 e. The van der Waals surface area contributed by atoms with Crippen molar-refractivity contribution in [2.45, 2.75) is 26.4 Å². The lowest BCUT2D eigenvalue weighted by atomic mass is 10.0. The summed E-state index contributed by atoms with van der Waals surface area (Å²) in [6.07, 6.45) is 2.24. The average Bonchev–Trinajstić information content (AvgIpc) is 3.02. The summed E-state index contributed by atoms with van der Waals surface area (Å²) in [6.45, 7) is 8.53. The summed E-state index contributed by atoms with van der Waals surface area (Å²) in [5.74, 6) is 0.821. The Labute approximate surface area is 137 Å². The molecule has 5 nitrogen and oxygen atoms in total. The van der Waals surface area contributed by atoms with Gasteiger partial charge in [-0.25, -0.2) is 0 Å². The SMILES string of the molecule is C=CCN(CC1CC(c2ccccc2OC)=NO1)C(=O)C(C)C. The monoisotopic (exact) mass is 316 g/mol. The molecule has 124 valence electrons. The van der Waals surface area contributed by atoms with E-state index in [2.05, 4.69) is 11.7 Å². The molecule has 0 saturated heterocycles. The van der Waals surface area contributed by atoms with Crippen molar-refractivity contribution in [3.63, 3.8) is 0 Å². The van der Waals surface area contributed by atoms with Gasteiger partial charge in [-0.3, -0.25) is 4.79 Å². The molecule has 23 heavy (non-hydrogen) atoms. The molecule has 0 N–H and O–H groups in total. The molecule has 2 rings (SSSR count). The Bertz CT molecular complexity index is 596. The number of para-hydroxylation sites is 1. The van der Waals surface area contributed by atoms with Crippen LogP contribution in [0.1, 0.15) is 25.8 Å². The molecule has 1 unspecified atom stereocenters. The number of oxime groups is 1. The molecule has 0 fully saturated rings. The fraction of sp³-hybridized carbons (Fsp3) is 0.444. The summed E-state index contributed by atoms with van der Waals surface area (Å²) in [5, 5.41) is 4.19. The van der Waals surface area contributed by atoms with Crippen LogP contribution < -0.4 is 4.74 Å². The van der Waals surface area contributed by atoms with Crippen molar-refractivity contribution in [2.24, 2.45) is 11.1 Å². The Kier molecular flexibility index (Phi) is 5.79. The summed E-state index contributed by atoms with van der Waals surface area (Å²) in [6, 6.07) is 7.73. The number of carbonyl (C=O) groups excluding carboxylic acids is 1. The third-order valence-electron chi connectivity index (χ3n) is 3.73. The summed E-state index contributed by atoms with van der Waals surface area (Å²) >= 11 is 0. The molecule has 1 aromatic carbocycles. The largest absolute Gasteiger partial charge is 0.496 e.